The Morgan fingerprint density at radius 1 is 0.875 bits per heavy atom. The molecule has 0 radical (unpaired) electrons. The van der Waals surface area contributed by atoms with E-state index in [0.717, 1.165) is 0 Å². The number of hydrogen-bond acceptors (Lipinski definition) is 6. The van der Waals surface area contributed by atoms with Crippen LogP contribution in [0.3, 0.4) is 0 Å². The molecule has 0 saturated carbocycles. The lowest BCUT2D eigenvalue weighted by molar-refractivity contribution is -0.134. The smallest absolute Gasteiger partial charge is 0.328 e. The molecule has 0 saturated heterocycles. The Hall–Kier alpha value is -1.48. The van der Waals surface area contributed by atoms with Crippen molar-refractivity contribution in [2.75, 3.05) is 26.3 Å². The molecule has 8 nitrogen and oxygen atoms in total. The molecule has 8 N–H and O–H groups in total. The minimum absolute atomic E-state index is 0.0972. The fourth-order valence-electron chi connectivity index (χ4n) is 0.143. The number of hydrogen-bond donors (Lipinski definition) is 6. The van der Waals surface area contributed by atoms with Crippen molar-refractivity contribution >= 4 is 11.9 Å². The molecule has 0 atom stereocenters. The molecule has 96 valence electrons. The maximum Gasteiger partial charge on any atom is 0.328 e. The molecule has 0 amide bonds. The van der Waals surface area contributed by atoms with Gasteiger partial charge in [-0.25, -0.2) is 9.59 Å². The standard InChI is InChI=1S/C4H4O4.2C2H7NO/c5-3(6)1-2-4(7)8;2*3-1-2-4/h1-2H,(H,5,6)(H,7,8);2*4H,1-3H2. The van der Waals surface area contributed by atoms with E-state index in [-0.39, 0.29) is 13.2 Å². The molecule has 0 heterocycles. The highest BCUT2D eigenvalue weighted by Gasteiger charge is 1.88. The Morgan fingerprint density at radius 3 is 1.12 bits per heavy atom. The highest BCUT2D eigenvalue weighted by atomic mass is 16.4. The Balaban J connectivity index is -0.000000179. The fraction of sp³-hybridized carbons (Fsp3) is 0.500. The van der Waals surface area contributed by atoms with Crippen LogP contribution in [0, 0.1) is 0 Å². The summed E-state index contributed by atoms with van der Waals surface area (Å²) >= 11 is 0. The van der Waals surface area contributed by atoms with Gasteiger partial charge in [0.1, 0.15) is 0 Å². The Kier molecular flexibility index (Phi) is 23.9. The molecule has 0 aromatic rings. The topological polar surface area (TPSA) is 167 Å². The van der Waals surface area contributed by atoms with E-state index < -0.39 is 11.9 Å². The van der Waals surface area contributed by atoms with Crippen LogP contribution >= 0.6 is 0 Å². The third kappa shape index (κ3) is 54.5. The molecule has 0 bridgehead atoms. The average Bonchev–Trinajstić information content (AvgIpc) is 2.27. The zero-order chi connectivity index (χ0) is 13.4. The van der Waals surface area contributed by atoms with Gasteiger partial charge in [0, 0.05) is 25.2 Å². The molecular formula is C8H18N2O6. The van der Waals surface area contributed by atoms with E-state index in [1.165, 1.54) is 0 Å². The van der Waals surface area contributed by atoms with Crippen molar-refractivity contribution < 1.29 is 30.0 Å². The van der Waals surface area contributed by atoms with Gasteiger partial charge in [0.2, 0.25) is 0 Å². The zero-order valence-corrected chi connectivity index (χ0v) is 8.74. The van der Waals surface area contributed by atoms with Crippen molar-refractivity contribution in [1.82, 2.24) is 0 Å². The Labute approximate surface area is 92.8 Å². The van der Waals surface area contributed by atoms with Crippen molar-refractivity contribution in [3.05, 3.63) is 12.2 Å². The monoisotopic (exact) mass is 238 g/mol. The SMILES string of the molecule is NCCO.NCCO.O=C(O)C=CC(=O)O. The summed E-state index contributed by atoms with van der Waals surface area (Å²) in [5.74, 6) is -2.51. The van der Waals surface area contributed by atoms with Crippen LogP contribution in [0.4, 0.5) is 0 Å². The first-order valence-corrected chi connectivity index (χ1v) is 4.22. The number of nitrogens with two attached hydrogens (primary N) is 2. The van der Waals surface area contributed by atoms with Crippen molar-refractivity contribution in [1.29, 1.82) is 0 Å². The van der Waals surface area contributed by atoms with Crippen LogP contribution in [0.15, 0.2) is 12.2 Å². The third-order valence-corrected chi connectivity index (χ3v) is 0.627. The minimum Gasteiger partial charge on any atom is -0.478 e. The normalized spacial score (nSPS) is 8.50. The largest absolute Gasteiger partial charge is 0.478 e. The summed E-state index contributed by atoms with van der Waals surface area (Å²) in [6, 6.07) is 0. The third-order valence-electron chi connectivity index (χ3n) is 0.627. The van der Waals surface area contributed by atoms with Gasteiger partial charge in [-0.1, -0.05) is 0 Å². The van der Waals surface area contributed by atoms with E-state index in [4.69, 9.17) is 31.9 Å². The molecule has 0 aliphatic carbocycles. The van der Waals surface area contributed by atoms with Crippen LogP contribution in [0.2, 0.25) is 0 Å². The number of carboxylic acid groups (broad SMARTS) is 2. The fourth-order valence-corrected chi connectivity index (χ4v) is 0.143. The molecule has 8 heteroatoms. The number of aliphatic carboxylic acids is 2. The molecule has 0 unspecified atom stereocenters. The summed E-state index contributed by atoms with van der Waals surface area (Å²) < 4.78 is 0. The van der Waals surface area contributed by atoms with Gasteiger partial charge < -0.3 is 31.9 Å². The van der Waals surface area contributed by atoms with Crippen molar-refractivity contribution in [3.8, 4) is 0 Å². The number of carboxylic acids is 2. The van der Waals surface area contributed by atoms with Gasteiger partial charge in [0.15, 0.2) is 0 Å². The van der Waals surface area contributed by atoms with Crippen molar-refractivity contribution in [2.24, 2.45) is 11.5 Å². The zero-order valence-electron chi connectivity index (χ0n) is 8.74. The second-order valence-electron chi connectivity index (χ2n) is 2.03. The number of rotatable bonds is 4. The van der Waals surface area contributed by atoms with E-state index in [1.54, 1.807) is 0 Å². The summed E-state index contributed by atoms with van der Waals surface area (Å²) in [5.41, 5.74) is 9.56. The van der Waals surface area contributed by atoms with Crippen LogP contribution < -0.4 is 11.5 Å². The molecule has 0 aromatic carbocycles. The first-order valence-electron chi connectivity index (χ1n) is 4.22. The lowest BCUT2D eigenvalue weighted by Gasteiger charge is -1.74. The lowest BCUT2D eigenvalue weighted by Crippen LogP contribution is -2.02. The van der Waals surface area contributed by atoms with Gasteiger partial charge in [-0.15, -0.1) is 0 Å². The van der Waals surface area contributed by atoms with Gasteiger partial charge >= 0.3 is 11.9 Å². The molecule has 16 heavy (non-hydrogen) atoms. The van der Waals surface area contributed by atoms with Crippen LogP contribution in [-0.2, 0) is 9.59 Å². The first kappa shape index (κ1) is 20.0. The molecule has 0 spiro atoms. The highest BCUT2D eigenvalue weighted by Crippen LogP contribution is 1.70. The Bertz CT molecular complexity index is 171. The van der Waals surface area contributed by atoms with E-state index in [0.29, 0.717) is 25.2 Å². The van der Waals surface area contributed by atoms with Gasteiger partial charge in [0.05, 0.1) is 13.2 Å². The van der Waals surface area contributed by atoms with E-state index >= 15 is 0 Å². The lowest BCUT2D eigenvalue weighted by atomic mass is 10.5. The maximum atomic E-state index is 9.55. The van der Waals surface area contributed by atoms with Gasteiger partial charge in [-0.2, -0.15) is 0 Å². The van der Waals surface area contributed by atoms with Crippen molar-refractivity contribution in [3.63, 3.8) is 0 Å². The second kappa shape index (κ2) is 19.1. The van der Waals surface area contributed by atoms with E-state index in [1.807, 2.05) is 0 Å². The van der Waals surface area contributed by atoms with E-state index in [9.17, 15) is 9.59 Å². The average molecular weight is 238 g/mol. The van der Waals surface area contributed by atoms with Crippen LogP contribution in [0.5, 0.6) is 0 Å². The van der Waals surface area contributed by atoms with Gasteiger partial charge in [0.25, 0.3) is 0 Å². The van der Waals surface area contributed by atoms with Crippen LogP contribution in [-0.4, -0.2) is 58.7 Å². The highest BCUT2D eigenvalue weighted by molar-refractivity contribution is 5.89. The first-order chi connectivity index (χ1) is 7.45. The number of aliphatic hydroxyl groups is 2. The van der Waals surface area contributed by atoms with E-state index in [2.05, 4.69) is 0 Å². The quantitative estimate of drug-likeness (QED) is 0.294. The minimum atomic E-state index is -1.26. The molecule has 0 aliphatic heterocycles. The molecule has 0 aliphatic rings. The van der Waals surface area contributed by atoms with Crippen LogP contribution in [0.1, 0.15) is 0 Å². The molecule has 0 rings (SSSR count). The number of carbonyl (C=O) groups is 2. The summed E-state index contributed by atoms with van der Waals surface area (Å²) in [7, 11) is 0. The molecular weight excluding hydrogens is 220 g/mol. The summed E-state index contributed by atoms with van der Waals surface area (Å²) in [6.07, 6.45) is 1.12. The maximum absolute atomic E-state index is 9.55. The predicted octanol–water partition coefficient (Wildman–Crippen LogP) is -2.41. The molecule has 0 aromatic heterocycles. The predicted molar refractivity (Wildman–Crippen MR) is 56.7 cm³/mol. The summed E-state index contributed by atoms with van der Waals surface area (Å²) in [6.45, 7) is 0.944. The number of aliphatic hydroxyl groups excluding tert-OH is 2. The van der Waals surface area contributed by atoms with Gasteiger partial charge in [-0.3, -0.25) is 0 Å². The Morgan fingerprint density at radius 2 is 1.06 bits per heavy atom. The summed E-state index contributed by atoms with van der Waals surface area (Å²) in [4.78, 5) is 19.1. The van der Waals surface area contributed by atoms with Crippen molar-refractivity contribution in [2.45, 2.75) is 0 Å². The second-order valence-corrected chi connectivity index (χ2v) is 2.03. The summed E-state index contributed by atoms with van der Waals surface area (Å²) in [5, 5.41) is 31.1. The van der Waals surface area contributed by atoms with Gasteiger partial charge in [-0.05, 0) is 0 Å². The van der Waals surface area contributed by atoms with Crippen LogP contribution in [0.25, 0.3) is 0 Å². The molecule has 0 fully saturated rings.